The number of hydrogen-bond donors (Lipinski definition) is 2. The van der Waals surface area contributed by atoms with Crippen molar-refractivity contribution in [2.24, 2.45) is 0 Å². The maximum atomic E-state index is 12.2. The van der Waals surface area contributed by atoms with Crippen LogP contribution in [0, 0.1) is 6.92 Å². The van der Waals surface area contributed by atoms with Crippen molar-refractivity contribution >= 4 is 5.91 Å². The Morgan fingerprint density at radius 2 is 2.18 bits per heavy atom. The van der Waals surface area contributed by atoms with E-state index >= 15 is 0 Å². The van der Waals surface area contributed by atoms with Crippen LogP contribution in [0.2, 0.25) is 0 Å². The van der Waals surface area contributed by atoms with Gasteiger partial charge >= 0.3 is 0 Å². The van der Waals surface area contributed by atoms with Crippen LogP contribution in [0.5, 0.6) is 0 Å². The summed E-state index contributed by atoms with van der Waals surface area (Å²) in [4.78, 5) is 18.0. The highest BCUT2D eigenvalue weighted by molar-refractivity contribution is 5.85. The highest BCUT2D eigenvalue weighted by atomic mass is 16.2. The van der Waals surface area contributed by atoms with Gasteiger partial charge < -0.3 is 10.2 Å². The average Bonchev–Trinajstić information content (AvgIpc) is 2.62. The lowest BCUT2D eigenvalue weighted by Crippen LogP contribution is -2.52. The van der Waals surface area contributed by atoms with Crippen molar-refractivity contribution < 1.29 is 4.79 Å². The number of nitrogens with one attached hydrogen (secondary N) is 2. The summed E-state index contributed by atoms with van der Waals surface area (Å²) >= 11 is 0. The van der Waals surface area contributed by atoms with Crippen LogP contribution < -0.4 is 5.32 Å². The fourth-order valence-corrected chi connectivity index (χ4v) is 1.74. The second-order valence-electron chi connectivity index (χ2n) is 4.65. The highest BCUT2D eigenvalue weighted by Crippen LogP contribution is 2.08. The zero-order valence-corrected chi connectivity index (χ0v) is 11.2. The Kier molecular flexibility index (Phi) is 4.22. The summed E-state index contributed by atoms with van der Waals surface area (Å²) in [7, 11) is 1.76. The lowest BCUT2D eigenvalue weighted by molar-refractivity contribution is -0.136. The molecule has 0 aliphatic carbocycles. The number of rotatable bonds is 5. The monoisotopic (exact) mass is 239 g/mol. The van der Waals surface area contributed by atoms with Gasteiger partial charge in [0, 0.05) is 7.05 Å². The third-order valence-corrected chi connectivity index (χ3v) is 2.52. The number of nitrogens with zero attached hydrogens (tertiary/aromatic N) is 3. The standard InChI is InChI=1S/C11H21N5O/c1-6-12-11(3,4)10(17)16(5)7-9-13-8(2)14-15-9/h12H,6-7H2,1-5H3,(H,13,14,15). The lowest BCUT2D eigenvalue weighted by atomic mass is 10.0. The molecule has 1 heterocycles. The van der Waals surface area contributed by atoms with Crippen LogP contribution in [-0.2, 0) is 11.3 Å². The van der Waals surface area contributed by atoms with E-state index in [9.17, 15) is 4.79 Å². The lowest BCUT2D eigenvalue weighted by Gasteiger charge is -2.29. The van der Waals surface area contributed by atoms with Crippen LogP contribution in [0.3, 0.4) is 0 Å². The first-order chi connectivity index (χ1) is 7.86. The molecule has 2 N–H and O–H groups in total. The summed E-state index contributed by atoms with van der Waals surface area (Å²) < 4.78 is 0. The number of aromatic amines is 1. The van der Waals surface area contributed by atoms with Gasteiger partial charge in [-0.1, -0.05) is 6.92 Å². The second-order valence-corrected chi connectivity index (χ2v) is 4.65. The number of amides is 1. The van der Waals surface area contributed by atoms with Crippen LogP contribution in [0.4, 0.5) is 0 Å². The summed E-state index contributed by atoms with van der Waals surface area (Å²) in [6.45, 7) is 8.73. The van der Waals surface area contributed by atoms with Crippen LogP contribution >= 0.6 is 0 Å². The molecule has 6 nitrogen and oxygen atoms in total. The van der Waals surface area contributed by atoms with Crippen LogP contribution in [0.1, 0.15) is 32.4 Å². The van der Waals surface area contributed by atoms with Crippen molar-refractivity contribution in [1.29, 1.82) is 0 Å². The van der Waals surface area contributed by atoms with Crippen molar-refractivity contribution in [3.05, 3.63) is 11.6 Å². The van der Waals surface area contributed by atoms with Gasteiger partial charge in [0.1, 0.15) is 5.82 Å². The van der Waals surface area contributed by atoms with E-state index in [1.165, 1.54) is 0 Å². The van der Waals surface area contributed by atoms with Gasteiger partial charge in [-0.05, 0) is 27.3 Å². The van der Waals surface area contributed by atoms with Crippen molar-refractivity contribution in [3.63, 3.8) is 0 Å². The number of aryl methyl sites for hydroxylation is 1. The third kappa shape index (κ3) is 3.52. The van der Waals surface area contributed by atoms with E-state index in [2.05, 4.69) is 20.5 Å². The van der Waals surface area contributed by atoms with Crippen LogP contribution in [0.25, 0.3) is 0 Å². The Hall–Kier alpha value is -1.43. The molecule has 0 radical (unpaired) electrons. The number of aromatic nitrogens is 3. The average molecular weight is 239 g/mol. The molecule has 0 fully saturated rings. The van der Waals surface area contributed by atoms with Crippen molar-refractivity contribution in [2.75, 3.05) is 13.6 Å². The Balaban J connectivity index is 2.64. The molecule has 1 aromatic heterocycles. The molecule has 0 spiro atoms. The van der Waals surface area contributed by atoms with E-state index in [1.807, 2.05) is 27.7 Å². The van der Waals surface area contributed by atoms with E-state index in [4.69, 9.17) is 0 Å². The van der Waals surface area contributed by atoms with Gasteiger partial charge in [0.25, 0.3) is 0 Å². The van der Waals surface area contributed by atoms with Crippen molar-refractivity contribution in [1.82, 2.24) is 25.4 Å². The fraction of sp³-hybridized carbons (Fsp3) is 0.727. The largest absolute Gasteiger partial charge is 0.337 e. The summed E-state index contributed by atoms with van der Waals surface area (Å²) in [5.41, 5.74) is -0.561. The first kappa shape index (κ1) is 13.6. The zero-order valence-electron chi connectivity index (χ0n) is 11.2. The normalized spacial score (nSPS) is 11.6. The molecule has 0 bridgehead atoms. The minimum absolute atomic E-state index is 0.0294. The predicted molar refractivity (Wildman–Crippen MR) is 65.3 cm³/mol. The van der Waals surface area contributed by atoms with Crippen LogP contribution in [-0.4, -0.2) is 45.1 Å². The molecule has 0 aliphatic heterocycles. The molecule has 17 heavy (non-hydrogen) atoms. The van der Waals surface area contributed by atoms with Gasteiger partial charge in [0.05, 0.1) is 12.1 Å². The summed E-state index contributed by atoms with van der Waals surface area (Å²) in [5, 5.41) is 9.93. The van der Waals surface area contributed by atoms with Gasteiger partial charge in [-0.15, -0.1) is 0 Å². The molecule has 1 amide bonds. The van der Waals surface area contributed by atoms with E-state index in [1.54, 1.807) is 11.9 Å². The summed E-state index contributed by atoms with van der Waals surface area (Å²) in [6, 6.07) is 0. The minimum atomic E-state index is -0.561. The molecule has 0 unspecified atom stereocenters. The van der Waals surface area contributed by atoms with Crippen molar-refractivity contribution in [3.8, 4) is 0 Å². The molecule has 0 atom stereocenters. The Morgan fingerprint density at radius 1 is 1.53 bits per heavy atom. The van der Waals surface area contributed by atoms with Gasteiger partial charge in [-0.2, -0.15) is 5.10 Å². The Morgan fingerprint density at radius 3 is 2.65 bits per heavy atom. The summed E-state index contributed by atoms with van der Waals surface area (Å²) in [5.74, 6) is 1.42. The first-order valence-electron chi connectivity index (χ1n) is 5.75. The summed E-state index contributed by atoms with van der Waals surface area (Å²) in [6.07, 6.45) is 0. The molecule has 0 aliphatic rings. The maximum absolute atomic E-state index is 12.2. The van der Waals surface area contributed by atoms with E-state index in [0.717, 1.165) is 12.4 Å². The second kappa shape index (κ2) is 5.27. The number of hydrogen-bond acceptors (Lipinski definition) is 4. The smallest absolute Gasteiger partial charge is 0.242 e. The number of likely N-dealkylation sites (N-methyl/N-ethyl adjacent to an activating group) is 2. The van der Waals surface area contributed by atoms with Crippen LogP contribution in [0.15, 0.2) is 0 Å². The zero-order chi connectivity index (χ0) is 13.1. The van der Waals surface area contributed by atoms with E-state index < -0.39 is 5.54 Å². The quantitative estimate of drug-likeness (QED) is 0.783. The van der Waals surface area contributed by atoms with Crippen molar-refractivity contribution in [2.45, 2.75) is 39.8 Å². The number of carbonyl (C=O) groups is 1. The molecule has 1 rings (SSSR count). The Labute approximate surface area is 102 Å². The maximum Gasteiger partial charge on any atom is 0.242 e. The first-order valence-corrected chi connectivity index (χ1v) is 5.75. The predicted octanol–water partition coefficient (Wildman–Crippen LogP) is 0.460. The third-order valence-electron chi connectivity index (χ3n) is 2.52. The minimum Gasteiger partial charge on any atom is -0.337 e. The van der Waals surface area contributed by atoms with Gasteiger partial charge in [0.15, 0.2) is 5.82 Å². The molecular formula is C11H21N5O. The number of carbonyl (C=O) groups excluding carboxylic acids is 1. The molecule has 6 heteroatoms. The molecule has 1 aromatic rings. The topological polar surface area (TPSA) is 73.9 Å². The van der Waals surface area contributed by atoms with Gasteiger partial charge in [-0.25, -0.2) is 4.98 Å². The molecule has 0 saturated heterocycles. The SMILES string of the molecule is CCNC(C)(C)C(=O)N(C)Cc1n[nH]c(C)n1. The molecule has 0 aromatic carbocycles. The Bertz CT molecular complexity index is 385. The number of H-pyrrole nitrogens is 1. The fourth-order valence-electron chi connectivity index (χ4n) is 1.74. The molecular weight excluding hydrogens is 218 g/mol. The van der Waals surface area contributed by atoms with Gasteiger partial charge in [0.2, 0.25) is 5.91 Å². The van der Waals surface area contributed by atoms with E-state index in [0.29, 0.717) is 12.4 Å². The van der Waals surface area contributed by atoms with E-state index in [-0.39, 0.29) is 5.91 Å². The molecule has 0 saturated carbocycles. The van der Waals surface area contributed by atoms with Gasteiger partial charge in [-0.3, -0.25) is 9.89 Å². The molecule has 96 valence electrons. The highest BCUT2D eigenvalue weighted by Gasteiger charge is 2.29.